The van der Waals surface area contributed by atoms with Crippen molar-refractivity contribution >= 4 is 11.9 Å². The van der Waals surface area contributed by atoms with Crippen LogP contribution >= 0.6 is 0 Å². The van der Waals surface area contributed by atoms with Crippen LogP contribution in [0.15, 0.2) is 71.4 Å². The Morgan fingerprint density at radius 2 is 1.66 bits per heavy atom. The van der Waals surface area contributed by atoms with E-state index in [1.54, 1.807) is 11.0 Å². The zero-order valence-electron chi connectivity index (χ0n) is 33.2. The minimum absolute atomic E-state index is 0.0588. The minimum atomic E-state index is -1.64. The molecule has 4 N–H and O–H groups in total. The van der Waals surface area contributed by atoms with Crippen molar-refractivity contribution in [3.8, 4) is 0 Å². The van der Waals surface area contributed by atoms with E-state index in [1.807, 2.05) is 52.0 Å². The maximum absolute atomic E-state index is 14.1. The number of ether oxygens (including phenoxy) is 2. The molecule has 0 aromatic rings. The Hall–Kier alpha value is -2.82. The number of cyclic esters (lactones) is 1. The smallest absolute Gasteiger partial charge is 0.329 e. The zero-order chi connectivity index (χ0) is 38.9. The molecule has 9 nitrogen and oxygen atoms in total. The molecule has 296 valence electrons. The number of hydrogen-bond donors (Lipinski definition) is 4. The van der Waals surface area contributed by atoms with Crippen molar-refractivity contribution in [2.24, 2.45) is 29.6 Å². The van der Waals surface area contributed by atoms with Crippen molar-refractivity contribution in [2.45, 2.75) is 155 Å². The first-order chi connectivity index (χ1) is 25.1. The van der Waals surface area contributed by atoms with Gasteiger partial charge in [-0.2, -0.15) is 0 Å². The lowest BCUT2D eigenvalue weighted by molar-refractivity contribution is -0.301. The van der Waals surface area contributed by atoms with Gasteiger partial charge in [0.15, 0.2) is 5.79 Å². The highest BCUT2D eigenvalue weighted by Crippen LogP contribution is 2.41. The topological polar surface area (TPSA) is 137 Å². The van der Waals surface area contributed by atoms with Crippen LogP contribution in [0.4, 0.5) is 0 Å². The monoisotopic (exact) mass is 737 g/mol. The van der Waals surface area contributed by atoms with Crippen LogP contribution in [-0.2, 0) is 19.1 Å². The third kappa shape index (κ3) is 12.3. The summed E-state index contributed by atoms with van der Waals surface area (Å²) in [6.07, 6.45) is 19.7. The molecule has 0 saturated carbocycles. The molecule has 53 heavy (non-hydrogen) atoms. The fraction of sp³-hybridized carbons (Fsp3) is 0.682. The first-order valence-electron chi connectivity index (χ1n) is 20.1. The zero-order valence-corrected chi connectivity index (χ0v) is 33.2. The maximum Gasteiger partial charge on any atom is 0.329 e. The van der Waals surface area contributed by atoms with Crippen molar-refractivity contribution in [3.63, 3.8) is 0 Å². The predicted molar refractivity (Wildman–Crippen MR) is 208 cm³/mol. The molecule has 1 amide bonds. The summed E-state index contributed by atoms with van der Waals surface area (Å²) < 4.78 is 12.7. The van der Waals surface area contributed by atoms with E-state index in [-0.39, 0.29) is 48.5 Å². The van der Waals surface area contributed by atoms with Crippen LogP contribution < -0.4 is 0 Å². The minimum Gasteiger partial charge on any atom is -0.456 e. The van der Waals surface area contributed by atoms with Gasteiger partial charge in [0, 0.05) is 18.9 Å². The third-order valence-electron chi connectivity index (χ3n) is 11.7. The number of fused-ring (bicyclic) bond motifs is 3. The summed E-state index contributed by atoms with van der Waals surface area (Å²) >= 11 is 0. The number of piperidine rings is 1. The van der Waals surface area contributed by atoms with Gasteiger partial charge in [0.1, 0.15) is 12.1 Å². The summed E-state index contributed by atoms with van der Waals surface area (Å²) in [5.41, 5.74) is 2.69. The van der Waals surface area contributed by atoms with E-state index in [0.29, 0.717) is 31.7 Å². The van der Waals surface area contributed by atoms with E-state index < -0.39 is 42.2 Å². The largest absolute Gasteiger partial charge is 0.456 e. The first kappa shape index (κ1) is 42.9. The Labute approximate surface area is 318 Å². The number of nitrogens with zero attached hydrogens (tertiary/aromatic N) is 1. The number of amides is 1. The summed E-state index contributed by atoms with van der Waals surface area (Å²) in [5, 5.41) is 43.2. The molecule has 12 atom stereocenters. The van der Waals surface area contributed by atoms with E-state index in [1.165, 1.54) is 0 Å². The van der Waals surface area contributed by atoms with E-state index in [9.17, 15) is 30.0 Å². The normalized spacial score (nSPS) is 39.9. The number of hydrogen-bond acceptors (Lipinski definition) is 8. The maximum atomic E-state index is 14.1. The highest BCUT2D eigenvalue weighted by molar-refractivity contribution is 5.85. The summed E-state index contributed by atoms with van der Waals surface area (Å²) in [4.78, 5) is 29.7. The molecule has 4 rings (SSSR count). The second-order valence-corrected chi connectivity index (χ2v) is 16.7. The molecule has 0 radical (unpaired) electrons. The van der Waals surface area contributed by atoms with Crippen LogP contribution in [0.2, 0.25) is 0 Å². The number of carbonyl (C=O) groups excluding carboxylic acids is 2. The average Bonchev–Trinajstić information content (AvgIpc) is 3.10. The second-order valence-electron chi connectivity index (χ2n) is 16.7. The Balaban J connectivity index is 1.64. The number of aliphatic hydroxyl groups is 4. The van der Waals surface area contributed by atoms with Gasteiger partial charge < -0.3 is 34.8 Å². The van der Waals surface area contributed by atoms with Gasteiger partial charge in [-0.1, -0.05) is 93.5 Å². The van der Waals surface area contributed by atoms with E-state index >= 15 is 0 Å². The second kappa shape index (κ2) is 19.7. The molecule has 9 heteroatoms. The lowest BCUT2D eigenvalue weighted by Gasteiger charge is -2.47. The molecule has 2 bridgehead atoms. The number of aliphatic hydroxyl groups excluding tert-OH is 3. The molecule has 4 aliphatic rings. The molecule has 1 aliphatic carbocycles. The van der Waals surface area contributed by atoms with Gasteiger partial charge >= 0.3 is 5.97 Å². The number of esters is 1. The van der Waals surface area contributed by atoms with Crippen molar-refractivity contribution in [3.05, 3.63) is 71.4 Å². The Kier molecular flexibility index (Phi) is 15.9. The molecule has 2 fully saturated rings. The third-order valence-corrected chi connectivity index (χ3v) is 11.7. The van der Waals surface area contributed by atoms with Crippen LogP contribution in [0.3, 0.4) is 0 Å². The highest BCUT2D eigenvalue weighted by atomic mass is 16.6. The van der Waals surface area contributed by atoms with Crippen LogP contribution in [-0.4, -0.2) is 86.1 Å². The van der Waals surface area contributed by atoms with Crippen LogP contribution in [0, 0.1) is 29.6 Å². The quantitative estimate of drug-likeness (QED) is 0.140. The van der Waals surface area contributed by atoms with E-state index in [2.05, 4.69) is 45.1 Å². The molecule has 3 aliphatic heterocycles. The Morgan fingerprint density at radius 3 is 2.40 bits per heavy atom. The van der Waals surface area contributed by atoms with E-state index in [4.69, 9.17) is 9.47 Å². The summed E-state index contributed by atoms with van der Waals surface area (Å²) in [6.45, 7) is 14.6. The molecule has 12 unspecified atom stereocenters. The fourth-order valence-corrected chi connectivity index (χ4v) is 8.30. The number of carbonyl (C=O) groups is 2. The Morgan fingerprint density at radius 1 is 0.925 bits per heavy atom. The fourth-order valence-electron chi connectivity index (χ4n) is 8.30. The summed E-state index contributed by atoms with van der Waals surface area (Å²) in [7, 11) is 0. The highest BCUT2D eigenvalue weighted by Gasteiger charge is 2.48. The van der Waals surface area contributed by atoms with Gasteiger partial charge in [-0.3, -0.25) is 4.79 Å². The van der Waals surface area contributed by atoms with Gasteiger partial charge in [0.25, 0.3) is 0 Å². The summed E-state index contributed by atoms with van der Waals surface area (Å²) in [5.74, 6) is -2.13. The number of allylic oxidation sites excluding steroid dienone is 9. The van der Waals surface area contributed by atoms with Gasteiger partial charge in [-0.15, -0.1) is 0 Å². The lowest BCUT2D eigenvalue weighted by Crippen LogP contribution is -2.56. The molecular weight excluding hydrogens is 670 g/mol. The van der Waals surface area contributed by atoms with Crippen molar-refractivity contribution in [1.29, 1.82) is 0 Å². The standard InChI is InChI=1S/C44H67NO8/c1-28-12-8-9-13-31(4)42-33(6)24-34(7)44(51,53-42)27-41(49)45-21-11-10-14-37(45)43(50)52-40(26-36(46)19-17-29(2)16-15-28)32(5)22-30(3)23-35-18-20-38(47)39(48)25-35/h8-9,15-18,20,22-23,28,31,33-40,42,46-48,51H,10-14,19,21,24-27H2,1-7H3/b9-8+,16-15?,29-17?,30-23+,32-22+. The number of rotatable bonds is 3. The van der Waals surface area contributed by atoms with Gasteiger partial charge in [-0.25, -0.2) is 4.79 Å². The molecular formula is C44H67NO8. The first-order valence-corrected chi connectivity index (χ1v) is 20.1. The van der Waals surface area contributed by atoms with Crippen molar-refractivity contribution < 1.29 is 39.5 Å². The molecule has 3 heterocycles. The SMILES string of the molecule is CC1=CCC(O)CC(/C(C)=C/C(C)=C/C2C=CC(O)C(O)C2)OC(=O)C2CCCCN2C(=O)CC2(O)OC(C(C)C/C=C/CC(C)C=C1)C(C)CC2C. The van der Waals surface area contributed by atoms with Gasteiger partial charge in [0.2, 0.25) is 5.91 Å². The van der Waals surface area contributed by atoms with Crippen molar-refractivity contribution in [1.82, 2.24) is 4.90 Å². The van der Waals surface area contributed by atoms with Crippen LogP contribution in [0.5, 0.6) is 0 Å². The summed E-state index contributed by atoms with van der Waals surface area (Å²) in [6, 6.07) is -0.808. The van der Waals surface area contributed by atoms with Gasteiger partial charge in [-0.05, 0) is 101 Å². The van der Waals surface area contributed by atoms with Crippen LogP contribution in [0.25, 0.3) is 0 Å². The molecule has 0 aromatic heterocycles. The van der Waals surface area contributed by atoms with E-state index in [0.717, 1.165) is 48.8 Å². The van der Waals surface area contributed by atoms with Crippen LogP contribution in [0.1, 0.15) is 113 Å². The molecule has 2 saturated heterocycles. The lowest BCUT2D eigenvalue weighted by atomic mass is 9.78. The molecule has 0 aromatic carbocycles. The predicted octanol–water partition coefficient (Wildman–Crippen LogP) is 6.88. The molecule has 0 spiro atoms. The van der Waals surface area contributed by atoms with Crippen molar-refractivity contribution in [2.75, 3.05) is 6.54 Å². The Bertz CT molecular complexity index is 1430. The average molecular weight is 738 g/mol. The van der Waals surface area contributed by atoms with Gasteiger partial charge in [0.05, 0.1) is 30.8 Å².